The fourth-order valence-corrected chi connectivity index (χ4v) is 2.13. The molecule has 0 heterocycles. The molecule has 0 amide bonds. The molecule has 0 spiro atoms. The Hall–Kier alpha value is -1.04. The van der Waals surface area contributed by atoms with E-state index < -0.39 is 0 Å². The van der Waals surface area contributed by atoms with Crippen LogP contribution >= 0.6 is 0 Å². The number of unbranched alkanes of at least 4 members (excludes halogenated alkanes) is 1. The van der Waals surface area contributed by atoms with Gasteiger partial charge in [-0.1, -0.05) is 75.6 Å². The fraction of sp³-hybridized carbons (Fsp3) is 0.579. The second kappa shape index (κ2) is 12.0. The summed E-state index contributed by atoms with van der Waals surface area (Å²) >= 11 is 0. The third-order valence-electron chi connectivity index (χ3n) is 3.34. The second-order valence-corrected chi connectivity index (χ2v) is 5.29. The average Bonchev–Trinajstić information content (AvgIpc) is 2.39. The van der Waals surface area contributed by atoms with Crippen LogP contribution in [0, 0.1) is 5.92 Å². The van der Waals surface area contributed by atoms with Crippen molar-refractivity contribution < 1.29 is 0 Å². The Morgan fingerprint density at radius 3 is 2.42 bits per heavy atom. The van der Waals surface area contributed by atoms with Crippen LogP contribution in [0.2, 0.25) is 0 Å². The molecule has 0 saturated heterocycles. The Labute approximate surface area is 121 Å². The van der Waals surface area contributed by atoms with Gasteiger partial charge in [-0.3, -0.25) is 0 Å². The van der Waals surface area contributed by atoms with Crippen LogP contribution in [0.3, 0.4) is 0 Å². The van der Waals surface area contributed by atoms with Crippen LogP contribution in [0.15, 0.2) is 48.1 Å². The third kappa shape index (κ3) is 9.53. The first kappa shape index (κ1) is 18.0. The number of hydrogen-bond donors (Lipinski definition) is 0. The molecule has 19 heavy (non-hydrogen) atoms. The molecule has 0 nitrogen and oxygen atoms in total. The molecular weight excluding hydrogens is 228 g/mol. The number of allylic oxidation sites excluding steroid dienone is 7. The van der Waals surface area contributed by atoms with Gasteiger partial charge in [-0.05, 0) is 44.6 Å². The highest BCUT2D eigenvalue weighted by Gasteiger charge is 2.03. The highest BCUT2D eigenvalue weighted by molar-refractivity contribution is 5.37. The molecule has 0 fully saturated rings. The zero-order valence-corrected chi connectivity index (χ0v) is 13.4. The lowest BCUT2D eigenvalue weighted by atomic mass is 9.95. The Kier molecular flexibility index (Phi) is 11.4. The van der Waals surface area contributed by atoms with Crippen molar-refractivity contribution in [3.05, 3.63) is 48.1 Å². The fourth-order valence-electron chi connectivity index (χ4n) is 2.13. The molecule has 1 unspecified atom stereocenters. The monoisotopic (exact) mass is 260 g/mol. The summed E-state index contributed by atoms with van der Waals surface area (Å²) in [4.78, 5) is 0. The molecule has 0 aromatic heterocycles. The van der Waals surface area contributed by atoms with Gasteiger partial charge < -0.3 is 0 Å². The van der Waals surface area contributed by atoms with E-state index in [1.54, 1.807) is 0 Å². The maximum Gasteiger partial charge on any atom is -0.0160 e. The molecule has 0 radical (unpaired) electrons. The van der Waals surface area contributed by atoms with Crippen molar-refractivity contribution in [3.8, 4) is 0 Å². The van der Waals surface area contributed by atoms with Crippen molar-refractivity contribution in [2.24, 2.45) is 5.92 Å². The Bertz CT molecular complexity index is 315. The van der Waals surface area contributed by atoms with Crippen molar-refractivity contribution in [1.82, 2.24) is 0 Å². The van der Waals surface area contributed by atoms with Gasteiger partial charge in [-0.25, -0.2) is 0 Å². The standard InChI is InChI=1S/C19H32/c1-6-9-11-14-19(17(4)5)16-15-18(12-8-3)13-10-7-2/h6,9,14-16,18H,4,7-8,10-13H2,1-3,5H3. The Morgan fingerprint density at radius 2 is 1.89 bits per heavy atom. The van der Waals surface area contributed by atoms with Crippen LogP contribution < -0.4 is 0 Å². The predicted octanol–water partition coefficient (Wildman–Crippen LogP) is 6.62. The molecule has 0 aliphatic rings. The van der Waals surface area contributed by atoms with E-state index in [0.717, 1.165) is 17.9 Å². The molecule has 0 aromatic rings. The maximum absolute atomic E-state index is 4.08. The van der Waals surface area contributed by atoms with E-state index in [0.29, 0.717) is 0 Å². The molecule has 0 aliphatic heterocycles. The van der Waals surface area contributed by atoms with Crippen LogP contribution in [0.1, 0.15) is 66.2 Å². The van der Waals surface area contributed by atoms with Crippen LogP contribution in [0.4, 0.5) is 0 Å². The smallest absolute Gasteiger partial charge is 0.0160 e. The number of hydrogen-bond acceptors (Lipinski definition) is 0. The first-order chi connectivity index (χ1) is 9.15. The van der Waals surface area contributed by atoms with Crippen molar-refractivity contribution in [2.75, 3.05) is 0 Å². The van der Waals surface area contributed by atoms with Crippen LogP contribution in [-0.4, -0.2) is 0 Å². The molecular formula is C19H32. The predicted molar refractivity (Wildman–Crippen MR) is 89.4 cm³/mol. The summed E-state index contributed by atoms with van der Waals surface area (Å²) in [5.41, 5.74) is 2.45. The molecule has 1 atom stereocenters. The van der Waals surface area contributed by atoms with Gasteiger partial charge in [0.1, 0.15) is 0 Å². The van der Waals surface area contributed by atoms with Crippen molar-refractivity contribution in [1.29, 1.82) is 0 Å². The van der Waals surface area contributed by atoms with E-state index >= 15 is 0 Å². The summed E-state index contributed by atoms with van der Waals surface area (Å²) in [6.07, 6.45) is 18.7. The van der Waals surface area contributed by atoms with Crippen LogP contribution in [0.25, 0.3) is 0 Å². The van der Waals surface area contributed by atoms with E-state index in [2.05, 4.69) is 64.7 Å². The highest BCUT2D eigenvalue weighted by Crippen LogP contribution is 2.19. The quantitative estimate of drug-likeness (QED) is 0.306. The Morgan fingerprint density at radius 1 is 1.16 bits per heavy atom. The minimum atomic E-state index is 0.731. The van der Waals surface area contributed by atoms with E-state index in [1.807, 2.05) is 0 Å². The first-order valence-electron chi connectivity index (χ1n) is 7.81. The first-order valence-corrected chi connectivity index (χ1v) is 7.81. The van der Waals surface area contributed by atoms with Gasteiger partial charge in [0.05, 0.1) is 0 Å². The summed E-state index contributed by atoms with van der Waals surface area (Å²) in [7, 11) is 0. The van der Waals surface area contributed by atoms with Gasteiger partial charge >= 0.3 is 0 Å². The van der Waals surface area contributed by atoms with Crippen molar-refractivity contribution >= 4 is 0 Å². The van der Waals surface area contributed by atoms with Gasteiger partial charge in [0.2, 0.25) is 0 Å². The third-order valence-corrected chi connectivity index (χ3v) is 3.34. The van der Waals surface area contributed by atoms with E-state index in [1.165, 1.54) is 37.7 Å². The molecule has 0 saturated carbocycles. The average molecular weight is 260 g/mol. The maximum atomic E-state index is 4.08. The molecule has 0 aromatic carbocycles. The molecule has 0 N–H and O–H groups in total. The zero-order chi connectivity index (χ0) is 14.5. The lowest BCUT2D eigenvalue weighted by Crippen LogP contribution is -1.96. The summed E-state index contributed by atoms with van der Waals surface area (Å²) in [6.45, 7) is 12.8. The van der Waals surface area contributed by atoms with E-state index in [4.69, 9.17) is 0 Å². The second-order valence-electron chi connectivity index (χ2n) is 5.29. The van der Waals surface area contributed by atoms with Gasteiger partial charge in [-0.15, -0.1) is 0 Å². The normalized spacial score (nSPS) is 14.4. The van der Waals surface area contributed by atoms with Crippen LogP contribution in [0.5, 0.6) is 0 Å². The molecule has 0 aliphatic carbocycles. The minimum absolute atomic E-state index is 0.731. The molecule has 0 rings (SSSR count). The lowest BCUT2D eigenvalue weighted by Gasteiger charge is -2.11. The SMILES string of the molecule is C=C(C)C(C=CC(CCC)CCCC)=CCC=CC. The van der Waals surface area contributed by atoms with E-state index in [-0.39, 0.29) is 0 Å². The molecule has 0 bridgehead atoms. The molecule has 0 heteroatoms. The largest absolute Gasteiger partial charge is 0.0955 e. The Balaban J connectivity index is 4.62. The van der Waals surface area contributed by atoms with Gasteiger partial charge in [0.15, 0.2) is 0 Å². The highest BCUT2D eigenvalue weighted by atomic mass is 14.1. The van der Waals surface area contributed by atoms with Crippen molar-refractivity contribution in [2.45, 2.75) is 66.2 Å². The summed E-state index contributed by atoms with van der Waals surface area (Å²) < 4.78 is 0. The van der Waals surface area contributed by atoms with Crippen molar-refractivity contribution in [3.63, 3.8) is 0 Å². The van der Waals surface area contributed by atoms with Gasteiger partial charge in [0.25, 0.3) is 0 Å². The zero-order valence-electron chi connectivity index (χ0n) is 13.4. The summed E-state index contributed by atoms with van der Waals surface area (Å²) in [5, 5.41) is 0. The van der Waals surface area contributed by atoms with E-state index in [9.17, 15) is 0 Å². The lowest BCUT2D eigenvalue weighted by molar-refractivity contribution is 0.512. The molecule has 108 valence electrons. The van der Waals surface area contributed by atoms with Gasteiger partial charge in [0, 0.05) is 0 Å². The van der Waals surface area contributed by atoms with Crippen LogP contribution in [-0.2, 0) is 0 Å². The number of rotatable bonds is 10. The van der Waals surface area contributed by atoms with Gasteiger partial charge in [-0.2, -0.15) is 0 Å². The summed E-state index contributed by atoms with van der Waals surface area (Å²) in [5.74, 6) is 0.731. The summed E-state index contributed by atoms with van der Waals surface area (Å²) in [6, 6.07) is 0. The minimum Gasteiger partial charge on any atom is -0.0955 e. The topological polar surface area (TPSA) is 0 Å².